The van der Waals surface area contributed by atoms with Crippen LogP contribution in [0.5, 0.6) is 5.75 Å². The van der Waals surface area contributed by atoms with Crippen LogP contribution in [0.25, 0.3) is 0 Å². The number of hydrogen-bond acceptors (Lipinski definition) is 4. The van der Waals surface area contributed by atoms with Crippen LogP contribution >= 0.6 is 0 Å². The summed E-state index contributed by atoms with van der Waals surface area (Å²) in [5.41, 5.74) is 0.697. The van der Waals surface area contributed by atoms with E-state index >= 15 is 0 Å². The van der Waals surface area contributed by atoms with Gasteiger partial charge in [-0.25, -0.2) is 0 Å². The van der Waals surface area contributed by atoms with Crippen LogP contribution in [-0.4, -0.2) is 61.5 Å². The number of rotatable bonds is 4. The lowest BCUT2D eigenvalue weighted by Gasteiger charge is -2.25. The Balaban J connectivity index is 1.67. The van der Waals surface area contributed by atoms with Gasteiger partial charge in [-0.1, -0.05) is 12.1 Å². The Hall–Kier alpha value is -1.39. The van der Waals surface area contributed by atoms with Crippen molar-refractivity contribution in [3.63, 3.8) is 0 Å². The van der Waals surface area contributed by atoms with E-state index in [1.54, 1.807) is 7.11 Å². The predicted molar refractivity (Wildman–Crippen MR) is 83.0 cm³/mol. The molecule has 2 atom stereocenters. The molecule has 2 heterocycles. The van der Waals surface area contributed by atoms with Crippen LogP contribution in [0.3, 0.4) is 0 Å². The monoisotopic (exact) mass is 288 g/mol. The van der Waals surface area contributed by atoms with Crippen LogP contribution in [-0.2, 0) is 0 Å². The lowest BCUT2D eigenvalue weighted by atomic mass is 10.1. The summed E-state index contributed by atoms with van der Waals surface area (Å²) in [6.45, 7) is 2.53. The molecule has 3 rings (SSSR count). The molecular formula is C17H24N2O2. The number of hydrogen-bond donors (Lipinski definition) is 0. The summed E-state index contributed by atoms with van der Waals surface area (Å²) in [4.78, 5) is 17.4. The average molecular weight is 288 g/mol. The zero-order chi connectivity index (χ0) is 14.8. The van der Waals surface area contributed by atoms with E-state index in [4.69, 9.17) is 4.74 Å². The normalized spacial score (nSPS) is 26.6. The molecule has 114 valence electrons. The van der Waals surface area contributed by atoms with E-state index in [1.165, 1.54) is 19.3 Å². The molecule has 1 aromatic rings. The summed E-state index contributed by atoms with van der Waals surface area (Å²) in [5.74, 6) is 0.837. The third-order valence-electron chi connectivity index (χ3n) is 5.01. The van der Waals surface area contributed by atoms with E-state index in [1.807, 2.05) is 24.3 Å². The molecule has 0 amide bonds. The lowest BCUT2D eigenvalue weighted by Crippen LogP contribution is -2.38. The van der Waals surface area contributed by atoms with Crippen molar-refractivity contribution in [2.75, 3.05) is 33.8 Å². The molecule has 0 aromatic heterocycles. The first-order chi connectivity index (χ1) is 10.2. The second-order valence-electron chi connectivity index (χ2n) is 6.20. The molecule has 0 spiro atoms. The summed E-state index contributed by atoms with van der Waals surface area (Å²) in [6, 6.07) is 8.83. The molecule has 0 N–H and O–H groups in total. The topological polar surface area (TPSA) is 32.8 Å². The number of ether oxygens (including phenoxy) is 1. The highest BCUT2D eigenvalue weighted by Crippen LogP contribution is 2.28. The molecule has 21 heavy (non-hydrogen) atoms. The van der Waals surface area contributed by atoms with Gasteiger partial charge in [0.2, 0.25) is 0 Å². The Morgan fingerprint density at radius 2 is 2.00 bits per heavy atom. The number of likely N-dealkylation sites (N-methyl/N-ethyl adjacent to an activating group) is 1. The van der Waals surface area contributed by atoms with E-state index in [0.717, 1.165) is 13.1 Å². The fourth-order valence-corrected chi connectivity index (χ4v) is 3.69. The predicted octanol–water partition coefficient (Wildman–Crippen LogP) is 2.05. The SMILES string of the molecule is COc1ccccc1C(=O)CN1CCC2CCC(C1)N2C. The quantitative estimate of drug-likeness (QED) is 0.794. The number of ketones is 1. The van der Waals surface area contributed by atoms with Crippen LogP contribution in [0.1, 0.15) is 29.6 Å². The largest absolute Gasteiger partial charge is 0.496 e. The van der Waals surface area contributed by atoms with Gasteiger partial charge in [-0.05, 0) is 38.4 Å². The second kappa shape index (κ2) is 6.16. The number of likely N-dealkylation sites (tertiary alicyclic amines) is 1. The van der Waals surface area contributed by atoms with E-state index in [2.05, 4.69) is 16.8 Å². The van der Waals surface area contributed by atoms with Crippen molar-refractivity contribution in [1.29, 1.82) is 0 Å². The van der Waals surface area contributed by atoms with Crippen LogP contribution in [0.4, 0.5) is 0 Å². The van der Waals surface area contributed by atoms with Crippen molar-refractivity contribution < 1.29 is 9.53 Å². The van der Waals surface area contributed by atoms with Gasteiger partial charge < -0.3 is 4.74 Å². The molecule has 0 aliphatic carbocycles. The van der Waals surface area contributed by atoms with Gasteiger partial charge in [0.1, 0.15) is 5.75 Å². The number of fused-ring (bicyclic) bond motifs is 2. The molecule has 4 heteroatoms. The highest BCUT2D eigenvalue weighted by atomic mass is 16.5. The fourth-order valence-electron chi connectivity index (χ4n) is 3.69. The summed E-state index contributed by atoms with van der Waals surface area (Å²) >= 11 is 0. The number of carbonyl (C=O) groups excluding carboxylic acids is 1. The molecular weight excluding hydrogens is 264 g/mol. The molecule has 0 radical (unpaired) electrons. The summed E-state index contributed by atoms with van der Waals surface area (Å²) in [7, 11) is 3.85. The van der Waals surface area contributed by atoms with Gasteiger partial charge in [-0.3, -0.25) is 14.6 Å². The third kappa shape index (κ3) is 2.97. The molecule has 2 aliphatic rings. The lowest BCUT2D eigenvalue weighted by molar-refractivity contribution is 0.0920. The van der Waals surface area contributed by atoms with Gasteiger partial charge in [-0.2, -0.15) is 0 Å². The molecule has 2 saturated heterocycles. The van der Waals surface area contributed by atoms with Crippen molar-refractivity contribution in [3.8, 4) is 5.75 Å². The van der Waals surface area contributed by atoms with Crippen LogP contribution < -0.4 is 4.74 Å². The molecule has 2 aliphatic heterocycles. The minimum Gasteiger partial charge on any atom is -0.496 e. The summed E-state index contributed by atoms with van der Waals surface area (Å²) < 4.78 is 5.30. The number of nitrogens with zero attached hydrogens (tertiary/aromatic N) is 2. The smallest absolute Gasteiger partial charge is 0.180 e. The van der Waals surface area contributed by atoms with Crippen molar-refractivity contribution in [2.45, 2.75) is 31.3 Å². The first-order valence-electron chi connectivity index (χ1n) is 7.79. The van der Waals surface area contributed by atoms with Crippen LogP contribution in [0.15, 0.2) is 24.3 Å². The Bertz CT molecular complexity index is 517. The minimum absolute atomic E-state index is 0.160. The molecule has 1 aromatic carbocycles. The van der Waals surface area contributed by atoms with Crippen molar-refractivity contribution >= 4 is 5.78 Å². The number of benzene rings is 1. The van der Waals surface area contributed by atoms with Gasteiger partial charge >= 0.3 is 0 Å². The first-order valence-corrected chi connectivity index (χ1v) is 7.79. The maximum Gasteiger partial charge on any atom is 0.180 e. The van der Waals surface area contributed by atoms with Gasteiger partial charge in [0.25, 0.3) is 0 Å². The van der Waals surface area contributed by atoms with Crippen molar-refractivity contribution in [2.24, 2.45) is 0 Å². The second-order valence-corrected chi connectivity index (χ2v) is 6.20. The van der Waals surface area contributed by atoms with E-state index < -0.39 is 0 Å². The Labute approximate surface area is 126 Å². The maximum atomic E-state index is 12.6. The third-order valence-corrected chi connectivity index (χ3v) is 5.01. The number of methoxy groups -OCH3 is 1. The van der Waals surface area contributed by atoms with Crippen molar-refractivity contribution in [1.82, 2.24) is 9.80 Å². The highest BCUT2D eigenvalue weighted by molar-refractivity contribution is 6.00. The molecule has 2 bridgehead atoms. The fraction of sp³-hybridized carbons (Fsp3) is 0.588. The molecule has 2 fully saturated rings. The molecule has 2 unspecified atom stereocenters. The Kier molecular flexibility index (Phi) is 4.27. The molecule has 0 saturated carbocycles. The van der Waals surface area contributed by atoms with E-state index in [9.17, 15) is 4.79 Å². The highest BCUT2D eigenvalue weighted by Gasteiger charge is 2.35. The van der Waals surface area contributed by atoms with Crippen molar-refractivity contribution in [3.05, 3.63) is 29.8 Å². The minimum atomic E-state index is 0.160. The first kappa shape index (κ1) is 14.5. The zero-order valence-corrected chi connectivity index (χ0v) is 12.9. The number of carbonyl (C=O) groups is 1. The van der Waals surface area contributed by atoms with Gasteiger partial charge in [0.05, 0.1) is 19.2 Å². The summed E-state index contributed by atoms with van der Waals surface area (Å²) in [5, 5.41) is 0. The van der Waals surface area contributed by atoms with Gasteiger partial charge in [-0.15, -0.1) is 0 Å². The van der Waals surface area contributed by atoms with E-state index in [-0.39, 0.29) is 5.78 Å². The number of para-hydroxylation sites is 1. The van der Waals surface area contributed by atoms with Crippen LogP contribution in [0.2, 0.25) is 0 Å². The van der Waals surface area contributed by atoms with Gasteiger partial charge in [0.15, 0.2) is 5.78 Å². The van der Waals surface area contributed by atoms with Crippen LogP contribution in [0, 0.1) is 0 Å². The van der Waals surface area contributed by atoms with Gasteiger partial charge in [0, 0.05) is 25.2 Å². The molecule has 4 nitrogen and oxygen atoms in total. The Morgan fingerprint density at radius 1 is 1.24 bits per heavy atom. The Morgan fingerprint density at radius 3 is 2.81 bits per heavy atom. The standard InChI is InChI=1S/C17H24N2O2/c1-18-13-7-8-14(18)11-19(10-9-13)12-16(20)15-5-3-4-6-17(15)21-2/h3-6,13-14H,7-12H2,1-2H3. The summed E-state index contributed by atoms with van der Waals surface area (Å²) in [6.07, 6.45) is 3.75. The zero-order valence-electron chi connectivity index (χ0n) is 12.9. The average Bonchev–Trinajstić information content (AvgIpc) is 2.75. The van der Waals surface area contributed by atoms with E-state index in [0.29, 0.717) is 29.9 Å². The maximum absolute atomic E-state index is 12.6. The number of Topliss-reactive ketones (excluding diaryl/α,β-unsaturated/α-hetero) is 1.